The van der Waals surface area contributed by atoms with E-state index in [0.717, 1.165) is 0 Å². The van der Waals surface area contributed by atoms with Crippen LogP contribution in [0.1, 0.15) is 47.5 Å². The molecule has 0 aromatic heterocycles. The predicted octanol–water partition coefficient (Wildman–Crippen LogP) is 0.710. The summed E-state index contributed by atoms with van der Waals surface area (Å²) < 4.78 is 30.7. The molecule has 0 spiro atoms. The van der Waals surface area contributed by atoms with E-state index in [4.69, 9.17) is 4.55 Å². The van der Waals surface area contributed by atoms with E-state index in [1.807, 2.05) is 6.92 Å². The van der Waals surface area contributed by atoms with Gasteiger partial charge in [0.2, 0.25) is 11.8 Å². The highest BCUT2D eigenvalue weighted by molar-refractivity contribution is 7.85. The number of nitrogens with one attached hydrogen (secondary N) is 2. The molecular formula is C13H26N2O5S. The molecule has 2 unspecified atom stereocenters. The molecule has 0 aliphatic carbocycles. The molecule has 0 aliphatic heterocycles. The molecule has 21 heavy (non-hydrogen) atoms. The summed E-state index contributed by atoms with van der Waals surface area (Å²) in [5.74, 6) is -1.41. The van der Waals surface area contributed by atoms with Gasteiger partial charge in [0.05, 0.1) is 11.3 Å². The summed E-state index contributed by atoms with van der Waals surface area (Å²) in [7, 11) is -4.17. The maximum Gasteiger partial charge on any atom is 0.267 e. The molecule has 0 radical (unpaired) electrons. The number of hydrogen-bond donors (Lipinski definition) is 3. The highest BCUT2D eigenvalue weighted by atomic mass is 32.2. The highest BCUT2D eigenvalue weighted by Crippen LogP contribution is 2.13. The summed E-state index contributed by atoms with van der Waals surface area (Å²) in [6, 6.07) is -0.104. The summed E-state index contributed by atoms with van der Waals surface area (Å²) in [6.45, 7) is 8.09. The largest absolute Gasteiger partial charge is 0.354 e. The Morgan fingerprint density at radius 2 is 1.81 bits per heavy atom. The molecule has 0 bridgehead atoms. The van der Waals surface area contributed by atoms with Crippen molar-refractivity contribution in [3.8, 4) is 0 Å². The van der Waals surface area contributed by atoms with Crippen LogP contribution in [0.2, 0.25) is 0 Å². The average molecular weight is 322 g/mol. The van der Waals surface area contributed by atoms with Crippen LogP contribution in [0, 0.1) is 5.92 Å². The minimum Gasteiger partial charge on any atom is -0.354 e. The topological polar surface area (TPSA) is 113 Å². The smallest absolute Gasteiger partial charge is 0.267 e. The first-order valence-corrected chi connectivity index (χ1v) is 8.51. The van der Waals surface area contributed by atoms with Crippen molar-refractivity contribution in [2.24, 2.45) is 5.92 Å². The van der Waals surface area contributed by atoms with Gasteiger partial charge in [0, 0.05) is 18.9 Å². The Morgan fingerprint density at radius 1 is 1.29 bits per heavy atom. The van der Waals surface area contributed by atoms with Gasteiger partial charge in [-0.1, -0.05) is 13.8 Å². The van der Waals surface area contributed by atoms with Gasteiger partial charge in [-0.15, -0.1) is 0 Å². The van der Waals surface area contributed by atoms with Crippen molar-refractivity contribution in [1.82, 2.24) is 10.6 Å². The fourth-order valence-corrected chi connectivity index (χ4v) is 3.08. The molecule has 124 valence electrons. The van der Waals surface area contributed by atoms with Crippen LogP contribution < -0.4 is 10.6 Å². The lowest BCUT2D eigenvalue weighted by Crippen LogP contribution is -2.50. The van der Waals surface area contributed by atoms with Gasteiger partial charge in [-0.05, 0) is 26.7 Å². The van der Waals surface area contributed by atoms with E-state index in [-0.39, 0.29) is 23.8 Å². The van der Waals surface area contributed by atoms with Crippen molar-refractivity contribution < 1.29 is 22.6 Å². The Kier molecular flexibility index (Phi) is 7.32. The van der Waals surface area contributed by atoms with E-state index < -0.39 is 21.4 Å². The lowest BCUT2D eigenvalue weighted by molar-refractivity contribution is -0.127. The monoisotopic (exact) mass is 322 g/mol. The molecule has 0 aromatic carbocycles. The molecule has 7 nitrogen and oxygen atoms in total. The van der Waals surface area contributed by atoms with Crippen molar-refractivity contribution in [2.75, 3.05) is 5.75 Å². The lowest BCUT2D eigenvalue weighted by atomic mass is 9.97. The molecule has 0 aromatic rings. The first-order chi connectivity index (χ1) is 9.36. The Labute approximate surface area is 126 Å². The van der Waals surface area contributed by atoms with Gasteiger partial charge in [0.25, 0.3) is 10.1 Å². The molecular weight excluding hydrogens is 296 g/mol. The molecule has 0 heterocycles. The SMILES string of the molecule is CCC(CC(C)C(=O)NC(C)(C)CS(=O)(=O)O)NC(C)=O. The standard InChI is InChI=1S/C13H26N2O5S/c1-6-11(14-10(3)16)7-9(2)12(17)15-13(4,5)8-21(18,19)20/h9,11H,6-8H2,1-5H3,(H,14,16)(H,15,17)(H,18,19,20). The van der Waals surface area contributed by atoms with Crippen LogP contribution in [0.3, 0.4) is 0 Å². The molecule has 3 N–H and O–H groups in total. The molecule has 2 amide bonds. The lowest BCUT2D eigenvalue weighted by Gasteiger charge is -2.27. The first kappa shape index (κ1) is 19.9. The maximum atomic E-state index is 12.1. The molecule has 0 saturated heterocycles. The van der Waals surface area contributed by atoms with Gasteiger partial charge < -0.3 is 10.6 Å². The Hall–Kier alpha value is -1.15. The van der Waals surface area contributed by atoms with E-state index in [1.54, 1.807) is 6.92 Å². The van der Waals surface area contributed by atoms with Gasteiger partial charge in [-0.25, -0.2) is 0 Å². The molecule has 0 saturated carbocycles. The Morgan fingerprint density at radius 3 is 2.19 bits per heavy atom. The Balaban J connectivity index is 4.60. The van der Waals surface area contributed by atoms with Crippen LogP contribution >= 0.6 is 0 Å². The highest BCUT2D eigenvalue weighted by Gasteiger charge is 2.29. The third-order valence-corrected chi connectivity index (χ3v) is 4.08. The zero-order valence-corrected chi connectivity index (χ0v) is 14.1. The second-order valence-electron chi connectivity index (χ2n) is 6.04. The molecule has 2 atom stereocenters. The molecule has 0 fully saturated rings. The van der Waals surface area contributed by atoms with Crippen LogP contribution in [-0.4, -0.2) is 42.1 Å². The van der Waals surface area contributed by atoms with E-state index in [1.165, 1.54) is 20.8 Å². The minimum absolute atomic E-state index is 0.104. The number of hydrogen-bond acceptors (Lipinski definition) is 4. The number of rotatable bonds is 8. The van der Waals surface area contributed by atoms with Crippen LogP contribution in [0.5, 0.6) is 0 Å². The normalized spacial score (nSPS) is 15.1. The van der Waals surface area contributed by atoms with Crippen molar-refractivity contribution in [3.63, 3.8) is 0 Å². The number of carbonyl (C=O) groups is 2. The van der Waals surface area contributed by atoms with Crippen LogP contribution in [0.15, 0.2) is 0 Å². The number of carbonyl (C=O) groups excluding carboxylic acids is 2. The zero-order valence-electron chi connectivity index (χ0n) is 13.3. The second kappa shape index (κ2) is 7.74. The summed E-state index contributed by atoms with van der Waals surface area (Å²) in [6.07, 6.45) is 1.16. The zero-order chi connectivity index (χ0) is 16.8. The summed E-state index contributed by atoms with van der Waals surface area (Å²) in [5.41, 5.74) is -1.06. The molecule has 0 aliphatic rings. The van der Waals surface area contributed by atoms with Crippen molar-refractivity contribution in [2.45, 2.75) is 59.0 Å². The van der Waals surface area contributed by atoms with Gasteiger partial charge in [0.15, 0.2) is 0 Å². The van der Waals surface area contributed by atoms with E-state index in [9.17, 15) is 18.0 Å². The predicted molar refractivity (Wildman–Crippen MR) is 80.3 cm³/mol. The molecule has 0 rings (SSSR count). The average Bonchev–Trinajstić information content (AvgIpc) is 2.22. The van der Waals surface area contributed by atoms with Gasteiger partial charge in [-0.2, -0.15) is 8.42 Å². The van der Waals surface area contributed by atoms with Gasteiger partial charge in [0.1, 0.15) is 0 Å². The fraction of sp³-hybridized carbons (Fsp3) is 0.846. The van der Waals surface area contributed by atoms with Crippen molar-refractivity contribution in [1.29, 1.82) is 0 Å². The summed E-state index contributed by atoms with van der Waals surface area (Å²) in [5, 5.41) is 5.37. The van der Waals surface area contributed by atoms with Gasteiger partial charge in [-0.3, -0.25) is 14.1 Å². The third-order valence-electron chi connectivity index (χ3n) is 2.99. The van der Waals surface area contributed by atoms with E-state index in [0.29, 0.717) is 12.8 Å². The first-order valence-electron chi connectivity index (χ1n) is 6.90. The van der Waals surface area contributed by atoms with Crippen LogP contribution in [0.4, 0.5) is 0 Å². The van der Waals surface area contributed by atoms with Crippen molar-refractivity contribution >= 4 is 21.9 Å². The Bertz CT molecular complexity index is 473. The quantitative estimate of drug-likeness (QED) is 0.570. The molecule has 8 heteroatoms. The van der Waals surface area contributed by atoms with Crippen LogP contribution in [0.25, 0.3) is 0 Å². The second-order valence-corrected chi connectivity index (χ2v) is 7.49. The third kappa shape index (κ3) is 9.41. The maximum absolute atomic E-state index is 12.1. The summed E-state index contributed by atoms with van der Waals surface area (Å²) in [4.78, 5) is 23.1. The fourth-order valence-electron chi connectivity index (χ4n) is 2.10. The van der Waals surface area contributed by atoms with Crippen LogP contribution in [-0.2, 0) is 19.7 Å². The van der Waals surface area contributed by atoms with Gasteiger partial charge >= 0.3 is 0 Å². The van der Waals surface area contributed by atoms with E-state index >= 15 is 0 Å². The summed E-state index contributed by atoms with van der Waals surface area (Å²) >= 11 is 0. The van der Waals surface area contributed by atoms with Crippen molar-refractivity contribution in [3.05, 3.63) is 0 Å². The number of amides is 2. The van der Waals surface area contributed by atoms with E-state index in [2.05, 4.69) is 10.6 Å². The minimum atomic E-state index is -4.17.